The normalized spacial score (nSPS) is 14.6. The van der Waals surface area contributed by atoms with E-state index in [9.17, 15) is 0 Å². The van der Waals surface area contributed by atoms with Crippen molar-refractivity contribution in [2.45, 2.75) is 136 Å². The largest absolute Gasteiger partial charge is 0.454 e. The average Bonchev–Trinajstić information content (AvgIpc) is 1.52. The van der Waals surface area contributed by atoms with Gasteiger partial charge in [0, 0.05) is 55.7 Å². The van der Waals surface area contributed by atoms with Crippen molar-refractivity contribution in [1.29, 1.82) is 0 Å². The molecular weight excluding hydrogens is 1100 g/mol. The van der Waals surface area contributed by atoms with Gasteiger partial charge in [0.15, 0.2) is 5.58 Å². The lowest BCUT2D eigenvalue weighted by Gasteiger charge is -2.36. The third-order valence-electron chi connectivity index (χ3n) is 19.5. The second-order valence-corrected chi connectivity index (χ2v) is 30.7. The zero-order valence-corrected chi connectivity index (χ0v) is 55.8. The number of anilines is 6. The van der Waals surface area contributed by atoms with Crippen LogP contribution in [0, 0.1) is 0 Å². The molecule has 0 saturated heterocycles. The van der Waals surface area contributed by atoms with Gasteiger partial charge in [-0.2, -0.15) is 0 Å². The maximum atomic E-state index is 7.43. The summed E-state index contributed by atoms with van der Waals surface area (Å²) in [4.78, 5) is 4.89. The van der Waals surface area contributed by atoms with E-state index in [1.165, 1.54) is 83.0 Å². The highest BCUT2D eigenvalue weighted by Crippen LogP contribution is 2.62. The van der Waals surface area contributed by atoms with Crippen LogP contribution in [0.5, 0.6) is 0 Å². The van der Waals surface area contributed by atoms with E-state index in [1.807, 2.05) is 0 Å². The summed E-state index contributed by atoms with van der Waals surface area (Å²) in [6, 6.07) is 92.4. The molecule has 0 fully saturated rings. The first-order valence-electron chi connectivity index (χ1n) is 32.6. The lowest BCUT2D eigenvalue weighted by Crippen LogP contribution is -2.29. The Morgan fingerprint density at radius 1 is 0.330 bits per heavy atom. The van der Waals surface area contributed by atoms with E-state index in [0.29, 0.717) is 0 Å². The monoisotopic (exact) mass is 1190 g/mol. The molecule has 0 N–H and O–H groups in total. The number of hydrogen-bond acceptors (Lipinski definition) is 3. The highest BCUT2D eigenvalue weighted by molar-refractivity contribution is 6.20. The van der Waals surface area contributed by atoms with Crippen molar-refractivity contribution < 1.29 is 4.42 Å². The molecule has 1 aliphatic carbocycles. The highest BCUT2D eigenvalue weighted by atomic mass is 16.3. The van der Waals surface area contributed by atoms with Gasteiger partial charge < -0.3 is 18.8 Å². The van der Waals surface area contributed by atoms with E-state index in [4.69, 9.17) is 4.42 Å². The van der Waals surface area contributed by atoms with Crippen LogP contribution < -0.4 is 9.80 Å². The van der Waals surface area contributed by atoms with Gasteiger partial charge in [0.1, 0.15) is 5.58 Å². The van der Waals surface area contributed by atoms with Gasteiger partial charge in [-0.15, -0.1) is 0 Å². The van der Waals surface area contributed by atoms with Crippen LogP contribution in [0.3, 0.4) is 0 Å². The standard InChI is InChI=1S/C87H85N3O/c1-82(2,3)56-30-32-60(33-31-56)87(62-41-51-76-72(53-62)71-52-61(86(13,14)15)40-50-75(71)90(76)67-46-38-59(39-47-67)85(10,11)12)73-54-68(88(63-24-18-16-19-25-63)65-42-34-57(35-43-65)83(4,5)6)48-49-69(73)79-74(87)55-77(81-80(79)70-28-22-23-29-78(70)91-81)89(64-26-20-17-21-27-64)66-44-36-58(37-45-66)84(7,8)9/h16-55H,1-15H3. The van der Waals surface area contributed by atoms with Gasteiger partial charge in [-0.05, 0) is 197 Å². The second kappa shape index (κ2) is 21.4. The van der Waals surface area contributed by atoms with Gasteiger partial charge in [0.05, 0.1) is 22.1 Å². The molecule has 2 heterocycles. The van der Waals surface area contributed by atoms with Gasteiger partial charge in [-0.1, -0.05) is 237 Å². The number of rotatable bonds is 9. The maximum Gasteiger partial charge on any atom is 0.160 e. The molecule has 2 aromatic heterocycles. The fourth-order valence-corrected chi connectivity index (χ4v) is 14.3. The van der Waals surface area contributed by atoms with Crippen LogP contribution in [0.25, 0.3) is 60.6 Å². The molecule has 454 valence electrons. The highest BCUT2D eigenvalue weighted by Gasteiger charge is 2.49. The van der Waals surface area contributed by atoms with Crippen LogP contribution in [0.2, 0.25) is 0 Å². The number of aromatic nitrogens is 1. The van der Waals surface area contributed by atoms with Crippen molar-refractivity contribution in [1.82, 2.24) is 4.57 Å². The first-order chi connectivity index (χ1) is 43.3. The molecule has 0 bridgehead atoms. The van der Waals surface area contributed by atoms with Gasteiger partial charge in [0.25, 0.3) is 0 Å². The number of fused-ring (bicyclic) bond motifs is 10. The van der Waals surface area contributed by atoms with Crippen LogP contribution >= 0.6 is 0 Å². The van der Waals surface area contributed by atoms with Gasteiger partial charge >= 0.3 is 0 Å². The molecule has 1 unspecified atom stereocenters. The fraction of sp³-hybridized carbons (Fsp3) is 0.241. The van der Waals surface area contributed by atoms with Crippen molar-refractivity contribution in [3.63, 3.8) is 0 Å². The summed E-state index contributed by atoms with van der Waals surface area (Å²) in [5.74, 6) is 0. The van der Waals surface area contributed by atoms with E-state index in [1.54, 1.807) is 0 Å². The van der Waals surface area contributed by atoms with E-state index < -0.39 is 5.41 Å². The molecule has 0 radical (unpaired) electrons. The Labute approximate surface area is 539 Å². The summed E-state index contributed by atoms with van der Waals surface area (Å²) < 4.78 is 9.93. The summed E-state index contributed by atoms with van der Waals surface area (Å²) in [7, 11) is 0. The van der Waals surface area contributed by atoms with Crippen LogP contribution in [0.15, 0.2) is 247 Å². The molecule has 91 heavy (non-hydrogen) atoms. The van der Waals surface area contributed by atoms with Gasteiger partial charge in [-0.25, -0.2) is 0 Å². The molecule has 11 aromatic carbocycles. The Hall–Kier alpha value is -9.38. The Kier molecular flexibility index (Phi) is 13.9. The minimum Gasteiger partial charge on any atom is -0.454 e. The van der Waals surface area contributed by atoms with Crippen molar-refractivity contribution >= 4 is 77.9 Å². The van der Waals surface area contributed by atoms with E-state index in [-0.39, 0.29) is 27.1 Å². The van der Waals surface area contributed by atoms with Crippen molar-refractivity contribution in [3.8, 4) is 16.8 Å². The summed E-state index contributed by atoms with van der Waals surface area (Å²) in [6.45, 7) is 34.6. The summed E-state index contributed by atoms with van der Waals surface area (Å²) >= 11 is 0. The number of para-hydroxylation sites is 3. The van der Waals surface area contributed by atoms with Crippen LogP contribution in [0.4, 0.5) is 34.1 Å². The first-order valence-corrected chi connectivity index (χ1v) is 32.6. The summed E-state index contributed by atoms with van der Waals surface area (Å²) in [5, 5.41) is 4.62. The predicted molar refractivity (Wildman–Crippen MR) is 388 cm³/mol. The molecule has 0 saturated carbocycles. The van der Waals surface area contributed by atoms with E-state index in [0.717, 1.165) is 61.8 Å². The number of nitrogens with zero attached hydrogens (tertiary/aromatic N) is 3. The minimum absolute atomic E-state index is 0.0103. The Morgan fingerprint density at radius 2 is 0.758 bits per heavy atom. The molecule has 4 nitrogen and oxygen atoms in total. The quantitative estimate of drug-likeness (QED) is 0.144. The lowest BCUT2D eigenvalue weighted by molar-refractivity contribution is 0.589. The maximum absolute atomic E-state index is 7.43. The average molecular weight is 1190 g/mol. The zero-order valence-electron chi connectivity index (χ0n) is 55.8. The third-order valence-corrected chi connectivity index (χ3v) is 19.5. The van der Waals surface area contributed by atoms with E-state index >= 15 is 0 Å². The van der Waals surface area contributed by atoms with E-state index in [2.05, 4.69) is 361 Å². The molecule has 0 aliphatic heterocycles. The molecule has 14 rings (SSSR count). The Balaban J connectivity index is 1.16. The first kappa shape index (κ1) is 59.3. The van der Waals surface area contributed by atoms with Crippen molar-refractivity contribution in [3.05, 3.63) is 293 Å². The molecule has 0 spiro atoms. The summed E-state index contributed by atoms with van der Waals surface area (Å²) in [5.41, 5.74) is 24.0. The van der Waals surface area contributed by atoms with Crippen LogP contribution in [0.1, 0.15) is 154 Å². The molecule has 0 amide bonds. The fourth-order valence-electron chi connectivity index (χ4n) is 14.3. The topological polar surface area (TPSA) is 24.6 Å². The Bertz CT molecular complexity index is 4890. The van der Waals surface area contributed by atoms with Crippen LogP contribution in [-0.4, -0.2) is 4.57 Å². The number of hydrogen-bond donors (Lipinski definition) is 0. The number of benzene rings is 11. The minimum atomic E-state index is -0.923. The van der Waals surface area contributed by atoms with Crippen molar-refractivity contribution in [2.24, 2.45) is 0 Å². The SMILES string of the molecule is CC(C)(C)c1ccc(N(c2ccccc2)c2ccc3c(c2)C(c2ccc(C(C)(C)C)cc2)(c2ccc4c(c2)c2cc(C(C)(C)C)ccc2n4-c2ccc(C(C)(C)C)cc2)c2cc(N(c4ccccc4)c4ccc(C(C)(C)C)cc4)c4oc5ccccc5c4c2-3)cc1. The van der Waals surface area contributed by atoms with Crippen LogP contribution in [-0.2, 0) is 32.5 Å². The molecule has 1 atom stereocenters. The third kappa shape index (κ3) is 10.1. The van der Waals surface area contributed by atoms with Gasteiger partial charge in [-0.3, -0.25) is 0 Å². The number of furan rings is 1. The lowest BCUT2D eigenvalue weighted by atomic mass is 9.66. The summed E-state index contributed by atoms with van der Waals surface area (Å²) in [6.07, 6.45) is 0. The molecule has 13 aromatic rings. The smallest absolute Gasteiger partial charge is 0.160 e. The predicted octanol–water partition coefficient (Wildman–Crippen LogP) is 24.5. The molecular formula is C87H85N3O. The van der Waals surface area contributed by atoms with Crippen molar-refractivity contribution in [2.75, 3.05) is 9.80 Å². The second-order valence-electron chi connectivity index (χ2n) is 30.7. The Morgan fingerprint density at radius 3 is 1.31 bits per heavy atom. The molecule has 4 heteroatoms. The molecule has 1 aliphatic rings. The zero-order chi connectivity index (χ0) is 63.7. The van der Waals surface area contributed by atoms with Gasteiger partial charge in [0.2, 0.25) is 0 Å².